The van der Waals surface area contributed by atoms with Crippen LogP contribution in [-0.4, -0.2) is 28.9 Å². The van der Waals surface area contributed by atoms with Crippen molar-refractivity contribution in [3.8, 4) is 0 Å². The van der Waals surface area contributed by atoms with E-state index in [1.54, 1.807) is 18.9 Å². The average Bonchev–Trinajstić information content (AvgIpc) is 2.30. The molecule has 0 saturated carbocycles. The summed E-state index contributed by atoms with van der Waals surface area (Å²) >= 11 is 0. The van der Waals surface area contributed by atoms with E-state index in [2.05, 4.69) is 0 Å². The van der Waals surface area contributed by atoms with Crippen LogP contribution in [0.3, 0.4) is 0 Å². The lowest BCUT2D eigenvalue weighted by Gasteiger charge is -2.20. The van der Waals surface area contributed by atoms with Gasteiger partial charge in [-0.1, -0.05) is 31.2 Å². The van der Waals surface area contributed by atoms with Crippen molar-refractivity contribution < 1.29 is 14.7 Å². The summed E-state index contributed by atoms with van der Waals surface area (Å²) < 4.78 is 0. The van der Waals surface area contributed by atoms with Crippen molar-refractivity contribution in [1.29, 1.82) is 0 Å². The highest BCUT2D eigenvalue weighted by Crippen LogP contribution is 2.13. The van der Waals surface area contributed by atoms with Crippen molar-refractivity contribution >= 4 is 11.9 Å². The quantitative estimate of drug-likeness (QED) is 0.857. The zero-order valence-corrected chi connectivity index (χ0v) is 11.7. The number of carboxylic acids is 1. The number of benzene rings is 1. The van der Waals surface area contributed by atoms with Gasteiger partial charge in [0.2, 0.25) is 5.91 Å². The van der Waals surface area contributed by atoms with Gasteiger partial charge in [0.05, 0.1) is 0 Å². The fourth-order valence-corrected chi connectivity index (χ4v) is 1.96. The Morgan fingerprint density at radius 3 is 2.47 bits per heavy atom. The fourth-order valence-electron chi connectivity index (χ4n) is 1.96. The molecular formula is C15H21NO3. The standard InChI is InChI=1S/C15H21NO3/c1-11(9-15(18)19)8-14(17)16(3)10-13-7-5-4-6-12(13)2/h4-7,11H,8-10H2,1-3H3,(H,18,19). The lowest BCUT2D eigenvalue weighted by molar-refractivity contribution is -0.138. The van der Waals surface area contributed by atoms with Crippen LogP contribution in [0.5, 0.6) is 0 Å². The summed E-state index contributed by atoms with van der Waals surface area (Å²) in [5.41, 5.74) is 2.27. The van der Waals surface area contributed by atoms with Gasteiger partial charge in [-0.15, -0.1) is 0 Å². The lowest BCUT2D eigenvalue weighted by Crippen LogP contribution is -2.28. The van der Waals surface area contributed by atoms with Crippen LogP contribution >= 0.6 is 0 Å². The number of hydrogen-bond acceptors (Lipinski definition) is 2. The van der Waals surface area contributed by atoms with Crippen LogP contribution < -0.4 is 0 Å². The Balaban J connectivity index is 2.54. The second kappa shape index (κ2) is 6.92. The van der Waals surface area contributed by atoms with Crippen LogP contribution in [0, 0.1) is 12.8 Å². The molecule has 0 heterocycles. The molecule has 0 aliphatic rings. The van der Waals surface area contributed by atoms with E-state index < -0.39 is 5.97 Å². The van der Waals surface area contributed by atoms with E-state index in [0.717, 1.165) is 11.1 Å². The summed E-state index contributed by atoms with van der Waals surface area (Å²) in [4.78, 5) is 24.2. The van der Waals surface area contributed by atoms with Gasteiger partial charge in [-0.25, -0.2) is 0 Å². The molecular weight excluding hydrogens is 242 g/mol. The molecule has 1 unspecified atom stereocenters. The first-order valence-electron chi connectivity index (χ1n) is 6.40. The number of rotatable bonds is 6. The van der Waals surface area contributed by atoms with E-state index in [1.165, 1.54) is 0 Å². The van der Waals surface area contributed by atoms with Gasteiger partial charge < -0.3 is 10.0 Å². The molecule has 0 aromatic heterocycles. The molecule has 1 N–H and O–H groups in total. The van der Waals surface area contributed by atoms with Crippen molar-refractivity contribution in [2.45, 2.75) is 33.2 Å². The Morgan fingerprint density at radius 2 is 1.89 bits per heavy atom. The molecule has 104 valence electrons. The Bertz CT molecular complexity index is 456. The number of carbonyl (C=O) groups is 2. The maximum Gasteiger partial charge on any atom is 0.303 e. The van der Waals surface area contributed by atoms with Crippen molar-refractivity contribution in [3.63, 3.8) is 0 Å². The molecule has 0 fully saturated rings. The molecule has 1 aromatic carbocycles. The molecule has 19 heavy (non-hydrogen) atoms. The minimum Gasteiger partial charge on any atom is -0.481 e. The van der Waals surface area contributed by atoms with E-state index >= 15 is 0 Å². The Labute approximate surface area is 114 Å². The third-order valence-corrected chi connectivity index (χ3v) is 3.14. The zero-order valence-electron chi connectivity index (χ0n) is 11.7. The number of nitrogens with zero attached hydrogens (tertiary/aromatic N) is 1. The monoisotopic (exact) mass is 263 g/mol. The van der Waals surface area contributed by atoms with Crippen molar-refractivity contribution in [1.82, 2.24) is 4.90 Å². The molecule has 0 aliphatic heterocycles. The first kappa shape index (κ1) is 15.2. The highest BCUT2D eigenvalue weighted by Gasteiger charge is 2.16. The summed E-state index contributed by atoms with van der Waals surface area (Å²) in [6.07, 6.45) is 0.304. The largest absolute Gasteiger partial charge is 0.481 e. The summed E-state index contributed by atoms with van der Waals surface area (Å²) in [5.74, 6) is -1.01. The first-order valence-corrected chi connectivity index (χ1v) is 6.40. The van der Waals surface area contributed by atoms with Crippen LogP contribution in [0.1, 0.15) is 30.9 Å². The molecule has 0 bridgehead atoms. The number of carbonyl (C=O) groups excluding carboxylic acids is 1. The Hall–Kier alpha value is -1.84. The van der Waals surface area contributed by atoms with Crippen LogP contribution in [0.15, 0.2) is 24.3 Å². The molecule has 0 spiro atoms. The fraction of sp³-hybridized carbons (Fsp3) is 0.467. The van der Waals surface area contributed by atoms with Gasteiger partial charge in [-0.3, -0.25) is 9.59 Å². The summed E-state index contributed by atoms with van der Waals surface area (Å²) in [6, 6.07) is 7.93. The number of aliphatic carboxylic acids is 1. The van der Waals surface area contributed by atoms with E-state index in [-0.39, 0.29) is 24.7 Å². The molecule has 1 amide bonds. The van der Waals surface area contributed by atoms with Crippen LogP contribution in [0.4, 0.5) is 0 Å². The van der Waals surface area contributed by atoms with Gasteiger partial charge in [0.25, 0.3) is 0 Å². The minimum atomic E-state index is -0.859. The second-order valence-corrected chi connectivity index (χ2v) is 5.08. The molecule has 0 aliphatic carbocycles. The summed E-state index contributed by atoms with van der Waals surface area (Å²) in [6.45, 7) is 4.36. The normalized spacial score (nSPS) is 11.9. The van der Waals surface area contributed by atoms with Crippen molar-refractivity contribution in [2.24, 2.45) is 5.92 Å². The van der Waals surface area contributed by atoms with Gasteiger partial charge in [-0.05, 0) is 24.0 Å². The van der Waals surface area contributed by atoms with Crippen molar-refractivity contribution in [2.75, 3.05) is 7.05 Å². The molecule has 0 radical (unpaired) electrons. The third kappa shape index (κ3) is 5.12. The van der Waals surface area contributed by atoms with E-state index in [4.69, 9.17) is 5.11 Å². The van der Waals surface area contributed by atoms with E-state index in [1.807, 2.05) is 31.2 Å². The van der Waals surface area contributed by atoms with Gasteiger partial charge >= 0.3 is 5.97 Å². The molecule has 1 rings (SSSR count). The maximum absolute atomic E-state index is 12.0. The molecule has 4 nitrogen and oxygen atoms in total. The Morgan fingerprint density at radius 1 is 1.26 bits per heavy atom. The molecule has 1 aromatic rings. The highest BCUT2D eigenvalue weighted by atomic mass is 16.4. The van der Waals surface area contributed by atoms with Gasteiger partial charge in [0.1, 0.15) is 0 Å². The van der Waals surface area contributed by atoms with Gasteiger partial charge in [-0.2, -0.15) is 0 Å². The number of aryl methyl sites for hydroxylation is 1. The second-order valence-electron chi connectivity index (χ2n) is 5.08. The third-order valence-electron chi connectivity index (χ3n) is 3.14. The smallest absolute Gasteiger partial charge is 0.303 e. The zero-order chi connectivity index (χ0) is 14.4. The first-order chi connectivity index (χ1) is 8.90. The molecule has 0 saturated heterocycles. The maximum atomic E-state index is 12.0. The Kier molecular flexibility index (Phi) is 5.55. The number of amides is 1. The summed E-state index contributed by atoms with van der Waals surface area (Å²) in [7, 11) is 1.75. The highest BCUT2D eigenvalue weighted by molar-refractivity contribution is 5.77. The predicted octanol–water partition coefficient (Wildman–Crippen LogP) is 2.45. The van der Waals surface area contributed by atoms with Crippen LogP contribution in [0.2, 0.25) is 0 Å². The average molecular weight is 263 g/mol. The molecule has 4 heteroatoms. The van der Waals surface area contributed by atoms with E-state index in [0.29, 0.717) is 6.54 Å². The summed E-state index contributed by atoms with van der Waals surface area (Å²) in [5, 5.41) is 8.68. The SMILES string of the molecule is Cc1ccccc1CN(C)C(=O)CC(C)CC(=O)O. The van der Waals surface area contributed by atoms with Crippen LogP contribution in [0.25, 0.3) is 0 Å². The number of hydrogen-bond donors (Lipinski definition) is 1. The van der Waals surface area contributed by atoms with Crippen molar-refractivity contribution in [3.05, 3.63) is 35.4 Å². The van der Waals surface area contributed by atoms with Gasteiger partial charge in [0.15, 0.2) is 0 Å². The molecule has 1 atom stereocenters. The van der Waals surface area contributed by atoms with Crippen LogP contribution in [-0.2, 0) is 16.1 Å². The van der Waals surface area contributed by atoms with Gasteiger partial charge in [0, 0.05) is 26.4 Å². The predicted molar refractivity (Wildman–Crippen MR) is 73.7 cm³/mol. The number of carboxylic acid groups (broad SMARTS) is 1. The minimum absolute atomic E-state index is 0.0167. The lowest BCUT2D eigenvalue weighted by atomic mass is 10.0. The van der Waals surface area contributed by atoms with E-state index in [9.17, 15) is 9.59 Å². The topological polar surface area (TPSA) is 57.6 Å².